The average Bonchev–Trinajstić information content (AvgIpc) is 2.94. The highest BCUT2D eigenvalue weighted by Gasteiger charge is 2.37. The molecular weight excluding hydrogens is 254 g/mol. The van der Waals surface area contributed by atoms with Gasteiger partial charge in [0.15, 0.2) is 0 Å². The van der Waals surface area contributed by atoms with Gasteiger partial charge in [0.1, 0.15) is 5.75 Å². The molecule has 2 aliphatic rings. The van der Waals surface area contributed by atoms with Crippen molar-refractivity contribution in [2.75, 3.05) is 25.2 Å². The fourth-order valence-electron chi connectivity index (χ4n) is 3.61. The first-order valence-electron chi connectivity index (χ1n) is 7.45. The number of hydrogen-bond acceptors (Lipinski definition) is 4. The number of hydrogen-bond donors (Lipinski definition) is 1. The lowest BCUT2D eigenvalue weighted by Crippen LogP contribution is -2.49. The van der Waals surface area contributed by atoms with E-state index in [1.165, 1.54) is 12.8 Å². The molecule has 2 fully saturated rings. The zero-order valence-corrected chi connectivity index (χ0v) is 12.2. The maximum absolute atomic E-state index is 10.1. The largest absolute Gasteiger partial charge is 0.496 e. The van der Waals surface area contributed by atoms with Crippen LogP contribution in [-0.2, 0) is 4.74 Å². The molecule has 0 amide bonds. The Morgan fingerprint density at radius 3 is 3.00 bits per heavy atom. The lowest BCUT2D eigenvalue weighted by molar-refractivity contribution is 0.0253. The van der Waals surface area contributed by atoms with Crippen LogP contribution < -0.4 is 9.64 Å². The molecule has 4 nitrogen and oxygen atoms in total. The average molecular weight is 277 g/mol. The highest BCUT2D eigenvalue weighted by atomic mass is 16.5. The van der Waals surface area contributed by atoms with Gasteiger partial charge < -0.3 is 19.5 Å². The van der Waals surface area contributed by atoms with Crippen LogP contribution in [0.1, 0.15) is 37.9 Å². The number of benzene rings is 1. The van der Waals surface area contributed by atoms with Crippen LogP contribution in [0.25, 0.3) is 0 Å². The van der Waals surface area contributed by atoms with Crippen molar-refractivity contribution >= 4 is 5.69 Å². The summed E-state index contributed by atoms with van der Waals surface area (Å²) in [5.41, 5.74) is 1.99. The molecule has 1 saturated heterocycles. The van der Waals surface area contributed by atoms with Crippen LogP contribution in [0, 0.1) is 0 Å². The van der Waals surface area contributed by atoms with Gasteiger partial charge in [-0.2, -0.15) is 0 Å². The van der Waals surface area contributed by atoms with Crippen molar-refractivity contribution in [3.8, 4) is 5.75 Å². The maximum atomic E-state index is 10.1. The van der Waals surface area contributed by atoms with Crippen LogP contribution >= 0.6 is 0 Å². The van der Waals surface area contributed by atoms with Crippen molar-refractivity contribution in [3.05, 3.63) is 23.8 Å². The monoisotopic (exact) mass is 277 g/mol. The van der Waals surface area contributed by atoms with Crippen LogP contribution in [0.3, 0.4) is 0 Å². The fraction of sp³-hybridized carbons (Fsp3) is 0.625. The van der Waals surface area contributed by atoms with Gasteiger partial charge in [-0.05, 0) is 38.3 Å². The standard InChI is InChI=1S/C16H23NO3/c1-11(18)16-13(6-4-8-15(16)19-2)17-9-10-20-14-7-3-5-12(14)17/h4,6,8,11-12,14,18H,3,5,7,9-10H2,1-2H3. The van der Waals surface area contributed by atoms with E-state index < -0.39 is 6.10 Å². The second-order valence-corrected chi connectivity index (χ2v) is 5.67. The van der Waals surface area contributed by atoms with Crippen molar-refractivity contribution in [2.45, 2.75) is 44.4 Å². The lowest BCUT2D eigenvalue weighted by Gasteiger charge is -2.40. The molecule has 20 heavy (non-hydrogen) atoms. The number of rotatable bonds is 3. The molecule has 1 heterocycles. The molecule has 3 atom stereocenters. The Kier molecular flexibility index (Phi) is 3.85. The summed E-state index contributed by atoms with van der Waals surface area (Å²) in [4.78, 5) is 2.41. The number of methoxy groups -OCH3 is 1. The van der Waals surface area contributed by atoms with E-state index in [-0.39, 0.29) is 0 Å². The highest BCUT2D eigenvalue weighted by Crippen LogP contribution is 2.39. The quantitative estimate of drug-likeness (QED) is 0.922. The third-order valence-corrected chi connectivity index (χ3v) is 4.47. The smallest absolute Gasteiger partial charge is 0.126 e. The zero-order chi connectivity index (χ0) is 14.1. The molecule has 1 aromatic carbocycles. The molecule has 110 valence electrons. The number of aliphatic hydroxyl groups excluding tert-OH is 1. The predicted octanol–water partition coefficient (Wildman–Crippen LogP) is 2.51. The van der Waals surface area contributed by atoms with E-state index in [2.05, 4.69) is 11.0 Å². The van der Waals surface area contributed by atoms with E-state index in [0.717, 1.165) is 36.6 Å². The fourth-order valence-corrected chi connectivity index (χ4v) is 3.61. The number of nitrogens with zero attached hydrogens (tertiary/aromatic N) is 1. The molecule has 1 saturated carbocycles. The van der Waals surface area contributed by atoms with Crippen molar-refractivity contribution in [1.29, 1.82) is 0 Å². The third kappa shape index (κ3) is 2.27. The molecule has 0 aromatic heterocycles. The van der Waals surface area contributed by atoms with Gasteiger partial charge in [-0.15, -0.1) is 0 Å². The van der Waals surface area contributed by atoms with Crippen LogP contribution in [0.15, 0.2) is 18.2 Å². The van der Waals surface area contributed by atoms with E-state index in [1.807, 2.05) is 12.1 Å². The maximum Gasteiger partial charge on any atom is 0.126 e. The Bertz CT molecular complexity index is 475. The van der Waals surface area contributed by atoms with Gasteiger partial charge in [-0.1, -0.05) is 6.07 Å². The summed E-state index contributed by atoms with van der Waals surface area (Å²) >= 11 is 0. The first-order valence-corrected chi connectivity index (χ1v) is 7.45. The molecule has 1 aliphatic carbocycles. The predicted molar refractivity (Wildman–Crippen MR) is 78.4 cm³/mol. The molecule has 3 rings (SSSR count). The minimum Gasteiger partial charge on any atom is -0.496 e. The Morgan fingerprint density at radius 1 is 1.40 bits per heavy atom. The number of ether oxygens (including phenoxy) is 2. The van der Waals surface area contributed by atoms with Gasteiger partial charge in [-0.3, -0.25) is 0 Å². The lowest BCUT2D eigenvalue weighted by atomic mass is 10.0. The van der Waals surface area contributed by atoms with Crippen LogP contribution in [0.5, 0.6) is 5.75 Å². The van der Waals surface area contributed by atoms with Gasteiger partial charge in [0.05, 0.1) is 32.0 Å². The summed E-state index contributed by atoms with van der Waals surface area (Å²) in [6.07, 6.45) is 3.34. The summed E-state index contributed by atoms with van der Waals surface area (Å²) in [5.74, 6) is 0.763. The Labute approximate surface area is 120 Å². The van der Waals surface area contributed by atoms with Crippen LogP contribution in [0.2, 0.25) is 0 Å². The summed E-state index contributed by atoms with van der Waals surface area (Å²) < 4.78 is 11.3. The first-order chi connectivity index (χ1) is 9.72. The molecule has 1 aromatic rings. The van der Waals surface area contributed by atoms with E-state index in [4.69, 9.17) is 9.47 Å². The minimum absolute atomic E-state index is 0.344. The number of morpholine rings is 1. The second kappa shape index (κ2) is 5.62. The van der Waals surface area contributed by atoms with E-state index in [9.17, 15) is 5.11 Å². The zero-order valence-electron chi connectivity index (χ0n) is 12.2. The summed E-state index contributed by atoms with van der Waals surface area (Å²) in [5, 5.41) is 10.1. The molecular formula is C16H23NO3. The van der Waals surface area contributed by atoms with Gasteiger partial charge in [0.25, 0.3) is 0 Å². The Hall–Kier alpha value is -1.26. The number of aliphatic hydroxyl groups is 1. The molecule has 1 N–H and O–H groups in total. The molecule has 4 heteroatoms. The van der Waals surface area contributed by atoms with Crippen LogP contribution in [0.4, 0.5) is 5.69 Å². The van der Waals surface area contributed by atoms with Gasteiger partial charge in [0, 0.05) is 17.8 Å². The topological polar surface area (TPSA) is 41.9 Å². The number of anilines is 1. The Morgan fingerprint density at radius 2 is 2.25 bits per heavy atom. The summed E-state index contributed by atoms with van der Waals surface area (Å²) in [6.45, 7) is 3.44. The van der Waals surface area contributed by atoms with Crippen LogP contribution in [-0.4, -0.2) is 37.5 Å². The van der Waals surface area contributed by atoms with Gasteiger partial charge >= 0.3 is 0 Å². The molecule has 0 bridgehead atoms. The van der Waals surface area contributed by atoms with Crippen molar-refractivity contribution in [2.24, 2.45) is 0 Å². The van der Waals surface area contributed by atoms with Gasteiger partial charge in [0.2, 0.25) is 0 Å². The van der Waals surface area contributed by atoms with E-state index in [0.29, 0.717) is 12.1 Å². The first kappa shape index (κ1) is 13.7. The van der Waals surface area contributed by atoms with E-state index >= 15 is 0 Å². The normalized spacial score (nSPS) is 27.2. The molecule has 1 aliphatic heterocycles. The SMILES string of the molecule is COc1cccc(N2CCOC3CCCC32)c1C(C)O. The van der Waals surface area contributed by atoms with Crippen molar-refractivity contribution in [1.82, 2.24) is 0 Å². The van der Waals surface area contributed by atoms with Crippen molar-refractivity contribution < 1.29 is 14.6 Å². The minimum atomic E-state index is -0.538. The highest BCUT2D eigenvalue weighted by molar-refractivity contribution is 5.61. The van der Waals surface area contributed by atoms with E-state index in [1.54, 1.807) is 14.0 Å². The van der Waals surface area contributed by atoms with Gasteiger partial charge in [-0.25, -0.2) is 0 Å². The molecule has 0 radical (unpaired) electrons. The summed E-state index contributed by atoms with van der Waals surface area (Å²) in [7, 11) is 1.66. The third-order valence-electron chi connectivity index (χ3n) is 4.47. The second-order valence-electron chi connectivity index (χ2n) is 5.67. The van der Waals surface area contributed by atoms with Crippen molar-refractivity contribution in [3.63, 3.8) is 0 Å². The molecule has 3 unspecified atom stereocenters. The Balaban J connectivity index is 2.00. The number of fused-ring (bicyclic) bond motifs is 1. The molecule has 0 spiro atoms. The summed E-state index contributed by atoms with van der Waals surface area (Å²) in [6, 6.07) is 6.44.